The number of carbonyl (C=O) groups excluding carboxylic acids is 6. The second kappa shape index (κ2) is 28.9. The van der Waals surface area contributed by atoms with E-state index in [4.69, 9.17) is 9.47 Å². The van der Waals surface area contributed by atoms with Gasteiger partial charge in [-0.1, -0.05) is 109 Å². The van der Waals surface area contributed by atoms with Gasteiger partial charge in [-0.25, -0.2) is 9.82 Å². The van der Waals surface area contributed by atoms with E-state index in [0.29, 0.717) is 43.2 Å². The first-order chi connectivity index (χ1) is 36.0. The van der Waals surface area contributed by atoms with Crippen molar-refractivity contribution in [2.24, 2.45) is 41.4 Å². The molecule has 4 aliphatic heterocycles. The van der Waals surface area contributed by atoms with Gasteiger partial charge in [-0.3, -0.25) is 29.0 Å². The third-order valence-corrected chi connectivity index (χ3v) is 15.8. The molecule has 2 saturated heterocycles. The number of benzene rings is 1. The molecule has 0 aliphatic carbocycles. The third-order valence-electron chi connectivity index (χ3n) is 15.8. The van der Waals surface area contributed by atoms with Gasteiger partial charge in [0.15, 0.2) is 5.72 Å². The number of nitrogens with one attached hydrogen (secondary N) is 4. The molecule has 1 aromatic rings. The number of fused-ring (bicyclic) bond motifs is 2. The number of ether oxygens (including phenoxy) is 2. The van der Waals surface area contributed by atoms with Crippen LogP contribution in [-0.2, 0) is 44.7 Å². The van der Waals surface area contributed by atoms with Crippen LogP contribution < -0.4 is 21.4 Å². The lowest BCUT2D eigenvalue weighted by molar-refractivity contribution is -0.174. The van der Waals surface area contributed by atoms with Gasteiger partial charge in [0, 0.05) is 55.9 Å². The lowest BCUT2D eigenvalue weighted by atomic mass is 9.78. The number of allylic oxidation sites excluding steroid dienone is 5. The number of hydrazine groups is 1. The molecule has 4 aliphatic rings. The highest BCUT2D eigenvalue weighted by Crippen LogP contribution is 2.39. The lowest BCUT2D eigenvalue weighted by Gasteiger charge is -2.48. The Balaban J connectivity index is 1.34. The number of aliphatic hydroxyl groups is 3. The Bertz CT molecular complexity index is 2320. The highest BCUT2D eigenvalue weighted by atomic mass is 19.1. The minimum absolute atomic E-state index is 0.00190. The molecule has 1 spiro atoms. The number of hydrogen-bond acceptors (Lipinski definition) is 12. The lowest BCUT2D eigenvalue weighted by Crippen LogP contribution is -2.62. The number of nitrogens with zero attached hydrogens (tertiary/aromatic N) is 1. The van der Waals surface area contributed by atoms with E-state index in [9.17, 15) is 48.5 Å². The number of hydrogen-bond donors (Lipinski definition) is 7. The number of carbonyl (C=O) groups is 6. The Morgan fingerprint density at radius 2 is 1.75 bits per heavy atom. The summed E-state index contributed by atoms with van der Waals surface area (Å²) in [7, 11) is 0. The third kappa shape index (κ3) is 17.1. The molecule has 1 aromatic carbocycles. The van der Waals surface area contributed by atoms with Crippen molar-refractivity contribution < 1.29 is 58.0 Å². The Labute approximate surface area is 449 Å². The van der Waals surface area contributed by atoms with E-state index in [1.807, 2.05) is 45.1 Å². The summed E-state index contributed by atoms with van der Waals surface area (Å²) < 4.78 is 27.3. The van der Waals surface area contributed by atoms with E-state index in [1.165, 1.54) is 36.2 Å². The van der Waals surface area contributed by atoms with E-state index in [-0.39, 0.29) is 73.7 Å². The maximum atomic E-state index is 14.5. The fourth-order valence-electron chi connectivity index (χ4n) is 10.4. The molecular formula is C59H86FN5O11. The van der Waals surface area contributed by atoms with Gasteiger partial charge in [-0.2, -0.15) is 0 Å². The Kier molecular flexibility index (Phi) is 23.4. The molecule has 2 fully saturated rings. The van der Waals surface area contributed by atoms with Crippen LogP contribution in [0.2, 0.25) is 0 Å². The summed E-state index contributed by atoms with van der Waals surface area (Å²) >= 11 is 0. The summed E-state index contributed by atoms with van der Waals surface area (Å²) in [4.78, 5) is 81.8. The molecule has 0 radical (unpaired) electrons. The SMILES string of the molecule is CC[C@H]1C[C@H](C)[C@@]2(C=C[C@@H](C)[C@@H](C[C@H](O)[C@@H](C)CC/C=C\C=C(/C)[C@@H]3C/C=C/C=C/[C@H](O)[C@H](C)[C@@H](O)[C@@H](CCC(C)=O)C(=O)N[C@@H](C(C)C)C(=O)N[C@@H](Cc4cccc(F)c4)C(=O)N4CCCC(N4)C(=O)O3)O2)NC1=O. The van der Waals surface area contributed by atoms with Crippen molar-refractivity contribution in [3.8, 4) is 0 Å². The first kappa shape index (κ1) is 61.5. The molecule has 2 bridgehead atoms. The highest BCUT2D eigenvalue weighted by Gasteiger charge is 2.48. The van der Waals surface area contributed by atoms with E-state index >= 15 is 0 Å². The summed E-state index contributed by atoms with van der Waals surface area (Å²) in [6.07, 6.45) is 16.0. The molecule has 420 valence electrons. The zero-order chi connectivity index (χ0) is 55.9. The number of amides is 4. The topological polar surface area (TPSA) is 233 Å². The fourth-order valence-corrected chi connectivity index (χ4v) is 10.4. The molecule has 1 unspecified atom stereocenters. The number of aliphatic hydroxyl groups excluding tert-OH is 3. The highest BCUT2D eigenvalue weighted by molar-refractivity contribution is 5.93. The summed E-state index contributed by atoms with van der Waals surface area (Å²) in [5.74, 6) is -5.97. The van der Waals surface area contributed by atoms with Gasteiger partial charge in [-0.15, -0.1) is 0 Å². The van der Waals surface area contributed by atoms with E-state index in [0.717, 1.165) is 12.8 Å². The maximum absolute atomic E-state index is 14.5. The number of rotatable bonds is 15. The predicted octanol–water partition coefficient (Wildman–Crippen LogP) is 6.40. The number of piperidine rings is 1. The van der Waals surface area contributed by atoms with Gasteiger partial charge >= 0.3 is 5.97 Å². The van der Waals surface area contributed by atoms with Crippen LogP contribution in [0.25, 0.3) is 0 Å². The summed E-state index contributed by atoms with van der Waals surface area (Å²) in [5, 5.41) is 44.1. The van der Waals surface area contributed by atoms with Crippen LogP contribution in [0.3, 0.4) is 0 Å². The first-order valence-corrected chi connectivity index (χ1v) is 27.6. The van der Waals surface area contributed by atoms with Crippen LogP contribution in [-0.4, -0.2) is 117 Å². The Morgan fingerprint density at radius 3 is 2.45 bits per heavy atom. The Hall–Kier alpha value is -5.33. The standard InChI is InChI=1S/C59H86FN5O11/c1-10-43-31-39(7)59(63-54(43)70)29-28-38(6)51(76-59)34-49(68)36(4)19-13-11-14-20-37(5)50-25-16-12-15-24-48(67)41(9)53(69)45(27-26-40(8)66)55(71)62-52(35(2)3)56(72)61-47(33-42-21-17-22-44(60)32-42)57(73)65-30-18-23-46(64-65)58(74)75-50/h11-12,14-17,20-22,24,28-29,32,35-36,38-39,41,43,45-53,64,67-69H,10,13,18-19,23,25-27,30-31,33-34H2,1-9H3,(H,61,72)(H,62,71)(H,63,70)/b14-11-,16-12+,24-15+,37-20+/t36-,38+,39-,41-,43-,45+,46?,47-,48-,49-,50-,51+,52-,53+,59-/m0/s1. The molecule has 4 amide bonds. The average molecular weight is 1060 g/mol. The van der Waals surface area contributed by atoms with Gasteiger partial charge in [0.2, 0.25) is 17.7 Å². The fraction of sp³-hybridized carbons (Fsp3) is 0.627. The predicted molar refractivity (Wildman–Crippen MR) is 288 cm³/mol. The number of halogens is 1. The van der Waals surface area contributed by atoms with Crippen LogP contribution in [0.15, 0.2) is 84.5 Å². The number of ketones is 1. The van der Waals surface area contributed by atoms with Gasteiger partial charge in [-0.05, 0) is 100.0 Å². The maximum Gasteiger partial charge on any atom is 0.325 e. The van der Waals surface area contributed by atoms with Crippen molar-refractivity contribution >= 4 is 35.4 Å². The van der Waals surface area contributed by atoms with Crippen LogP contribution in [0, 0.1) is 47.2 Å². The molecule has 16 nitrogen and oxygen atoms in total. The molecule has 5 rings (SSSR count). The van der Waals surface area contributed by atoms with Crippen molar-refractivity contribution in [1.29, 1.82) is 0 Å². The van der Waals surface area contributed by atoms with E-state index in [2.05, 4.69) is 41.3 Å². The minimum Gasteiger partial charge on any atom is -0.456 e. The average Bonchev–Trinajstić information content (AvgIpc) is 3.38. The largest absolute Gasteiger partial charge is 0.456 e. The van der Waals surface area contributed by atoms with Crippen LogP contribution in [0.4, 0.5) is 4.39 Å². The van der Waals surface area contributed by atoms with Crippen molar-refractivity contribution in [3.05, 3.63) is 95.9 Å². The summed E-state index contributed by atoms with van der Waals surface area (Å²) in [6.45, 7) is 16.5. The van der Waals surface area contributed by atoms with Crippen molar-refractivity contribution in [3.63, 3.8) is 0 Å². The molecule has 0 saturated carbocycles. The molecule has 4 heterocycles. The second-order valence-electron chi connectivity index (χ2n) is 22.2. The first-order valence-electron chi connectivity index (χ1n) is 27.6. The van der Waals surface area contributed by atoms with E-state index < -0.39 is 95.5 Å². The molecular weight excluding hydrogens is 974 g/mol. The molecule has 7 N–H and O–H groups in total. The van der Waals surface area contributed by atoms with Gasteiger partial charge in [0.05, 0.1) is 30.3 Å². The van der Waals surface area contributed by atoms with Gasteiger partial charge in [0.1, 0.15) is 35.8 Å². The molecule has 0 aromatic heterocycles. The quantitative estimate of drug-likeness (QED) is 0.0575. The summed E-state index contributed by atoms with van der Waals surface area (Å²) in [6, 6.07) is 2.20. The zero-order valence-corrected chi connectivity index (χ0v) is 46.1. The van der Waals surface area contributed by atoms with Crippen LogP contribution in [0.5, 0.6) is 0 Å². The molecule has 76 heavy (non-hydrogen) atoms. The number of Topliss-reactive ketones (excluding diaryl/α,β-unsaturated/α-hetero) is 1. The molecule has 15 atom stereocenters. The van der Waals surface area contributed by atoms with Crippen molar-refractivity contribution in [2.45, 2.75) is 187 Å². The zero-order valence-electron chi connectivity index (χ0n) is 46.1. The normalized spacial score (nSPS) is 33.4. The van der Waals surface area contributed by atoms with E-state index in [1.54, 1.807) is 45.1 Å². The van der Waals surface area contributed by atoms with Crippen molar-refractivity contribution in [2.75, 3.05) is 6.54 Å². The van der Waals surface area contributed by atoms with Crippen molar-refractivity contribution in [1.82, 2.24) is 26.4 Å². The van der Waals surface area contributed by atoms with Gasteiger partial charge < -0.3 is 45.5 Å². The van der Waals surface area contributed by atoms with Crippen LogP contribution in [0.1, 0.15) is 132 Å². The molecule has 17 heteroatoms. The van der Waals surface area contributed by atoms with Gasteiger partial charge in [0.25, 0.3) is 5.91 Å². The summed E-state index contributed by atoms with van der Waals surface area (Å²) in [5.41, 5.74) is 3.27. The number of esters is 1. The van der Waals surface area contributed by atoms with Crippen LogP contribution >= 0.6 is 0 Å². The minimum atomic E-state index is -1.44. The Morgan fingerprint density at radius 1 is 1.00 bits per heavy atom. The smallest absolute Gasteiger partial charge is 0.325 e. The second-order valence-corrected chi connectivity index (χ2v) is 22.2. The number of cyclic esters (lactones) is 1. The monoisotopic (exact) mass is 1060 g/mol.